The molecule has 5 nitrogen and oxygen atoms in total. The number of aromatic nitrogens is 3. The van der Waals surface area contributed by atoms with Crippen LogP contribution in [0.15, 0.2) is 199 Å². The molecular weight excluding hydrogens is 709 g/mol. The molecular formula is C53H32N4O. The molecule has 0 unspecified atom stereocenters. The predicted molar refractivity (Wildman–Crippen MR) is 236 cm³/mol. The van der Waals surface area contributed by atoms with E-state index in [1.807, 2.05) is 72.8 Å². The van der Waals surface area contributed by atoms with Gasteiger partial charge in [0.25, 0.3) is 0 Å². The molecule has 0 aliphatic heterocycles. The zero-order chi connectivity index (χ0) is 38.6. The van der Waals surface area contributed by atoms with Gasteiger partial charge in [0.05, 0.1) is 33.5 Å². The van der Waals surface area contributed by atoms with Gasteiger partial charge in [-0.3, -0.25) is 0 Å². The lowest BCUT2D eigenvalue weighted by Crippen LogP contribution is -2.02. The van der Waals surface area contributed by atoms with Crippen molar-refractivity contribution in [3.05, 3.63) is 200 Å². The molecule has 8 aromatic carbocycles. The average Bonchev–Trinajstić information content (AvgIpc) is 3.85. The fourth-order valence-corrected chi connectivity index (χ4v) is 8.44. The Morgan fingerprint density at radius 1 is 0.431 bits per heavy atom. The first-order valence-corrected chi connectivity index (χ1v) is 19.3. The molecule has 0 N–H and O–H groups in total. The van der Waals surface area contributed by atoms with Crippen molar-refractivity contribution in [1.82, 2.24) is 14.5 Å². The van der Waals surface area contributed by atoms with Gasteiger partial charge >= 0.3 is 0 Å². The van der Waals surface area contributed by atoms with E-state index in [1.54, 1.807) is 0 Å². The van der Waals surface area contributed by atoms with Crippen molar-refractivity contribution in [2.24, 2.45) is 0 Å². The van der Waals surface area contributed by atoms with Crippen LogP contribution in [-0.4, -0.2) is 14.5 Å². The molecule has 0 aliphatic rings. The maximum atomic E-state index is 10.5. The number of nitrogens with zero attached hydrogens (tertiary/aromatic N) is 4. The first-order valence-electron chi connectivity index (χ1n) is 19.3. The molecule has 0 saturated heterocycles. The van der Waals surface area contributed by atoms with E-state index in [9.17, 15) is 5.26 Å². The van der Waals surface area contributed by atoms with Gasteiger partial charge in [-0.25, -0.2) is 9.97 Å². The lowest BCUT2D eigenvalue weighted by molar-refractivity contribution is 0.674. The summed E-state index contributed by atoms with van der Waals surface area (Å²) in [5, 5.41) is 14.9. The molecule has 58 heavy (non-hydrogen) atoms. The molecule has 0 atom stereocenters. The third-order valence-corrected chi connectivity index (χ3v) is 11.1. The van der Waals surface area contributed by atoms with Crippen LogP contribution < -0.4 is 0 Å². The van der Waals surface area contributed by atoms with Crippen molar-refractivity contribution in [3.63, 3.8) is 0 Å². The number of hydrogen-bond donors (Lipinski definition) is 0. The molecule has 11 rings (SSSR count). The molecule has 0 radical (unpaired) electrons. The molecule has 11 aromatic rings. The second-order valence-corrected chi connectivity index (χ2v) is 14.4. The summed E-state index contributed by atoms with van der Waals surface area (Å²) >= 11 is 0. The van der Waals surface area contributed by atoms with E-state index in [2.05, 4.69) is 132 Å². The number of furan rings is 1. The Labute approximate surface area is 334 Å². The zero-order valence-electron chi connectivity index (χ0n) is 31.2. The van der Waals surface area contributed by atoms with E-state index < -0.39 is 0 Å². The van der Waals surface area contributed by atoms with Gasteiger partial charge in [-0.05, 0) is 47.5 Å². The third kappa shape index (κ3) is 5.31. The van der Waals surface area contributed by atoms with E-state index >= 15 is 0 Å². The minimum Gasteiger partial charge on any atom is -0.455 e. The van der Waals surface area contributed by atoms with Crippen LogP contribution in [0.5, 0.6) is 0 Å². The van der Waals surface area contributed by atoms with Crippen LogP contribution in [0.4, 0.5) is 0 Å². The normalized spacial score (nSPS) is 11.4. The molecule has 3 heterocycles. The smallest absolute Gasteiger partial charge is 0.160 e. The molecule has 0 fully saturated rings. The van der Waals surface area contributed by atoms with Crippen LogP contribution in [0.2, 0.25) is 0 Å². The summed E-state index contributed by atoms with van der Waals surface area (Å²) in [5.41, 5.74) is 13.4. The number of nitriles is 1. The summed E-state index contributed by atoms with van der Waals surface area (Å²) in [4.78, 5) is 10.3. The molecule has 270 valence electrons. The first-order chi connectivity index (χ1) is 28.7. The Morgan fingerprint density at radius 2 is 0.983 bits per heavy atom. The van der Waals surface area contributed by atoms with Crippen molar-refractivity contribution in [1.29, 1.82) is 5.26 Å². The van der Waals surface area contributed by atoms with Crippen LogP contribution >= 0.6 is 0 Å². The number of rotatable bonds is 6. The Balaban J connectivity index is 1.17. The van der Waals surface area contributed by atoms with Gasteiger partial charge in [0, 0.05) is 44.0 Å². The van der Waals surface area contributed by atoms with Gasteiger partial charge in [-0.1, -0.05) is 158 Å². The summed E-state index contributed by atoms with van der Waals surface area (Å²) in [6, 6.07) is 69.0. The quantitative estimate of drug-likeness (QED) is 0.170. The standard InChI is InChI=1S/C53H32N4O/c54-33-44-49(36-20-9-3-10-21-36)55-53(56-50(44)37-22-11-4-12-23-37)38-28-30-46(43(32-38)35-18-7-2-8-19-35)57-45-27-14-13-24-42(45)48-47(57)31-29-41-40-26-15-25-39(51(40)58-52(41)48)34-16-5-1-6-17-34/h1-32H. The monoisotopic (exact) mass is 740 g/mol. The fourth-order valence-electron chi connectivity index (χ4n) is 8.44. The molecule has 0 amide bonds. The van der Waals surface area contributed by atoms with E-state index in [1.165, 1.54) is 0 Å². The van der Waals surface area contributed by atoms with Crippen LogP contribution in [0.1, 0.15) is 5.56 Å². The van der Waals surface area contributed by atoms with E-state index in [0.717, 1.165) is 88.4 Å². The molecule has 0 saturated carbocycles. The van der Waals surface area contributed by atoms with E-state index in [4.69, 9.17) is 14.4 Å². The van der Waals surface area contributed by atoms with Crippen LogP contribution in [0.3, 0.4) is 0 Å². The topological polar surface area (TPSA) is 67.6 Å². The second-order valence-electron chi connectivity index (χ2n) is 14.4. The predicted octanol–water partition coefficient (Wildman–Crippen LogP) is 13.7. The van der Waals surface area contributed by atoms with E-state index in [-0.39, 0.29) is 0 Å². The summed E-state index contributed by atoms with van der Waals surface area (Å²) < 4.78 is 9.31. The van der Waals surface area contributed by atoms with Gasteiger partial charge in [-0.15, -0.1) is 0 Å². The lowest BCUT2D eigenvalue weighted by atomic mass is 9.98. The molecule has 0 bridgehead atoms. The number of para-hydroxylation sites is 2. The summed E-state index contributed by atoms with van der Waals surface area (Å²) in [7, 11) is 0. The van der Waals surface area contributed by atoms with Gasteiger partial charge in [0.15, 0.2) is 5.82 Å². The number of hydrogen-bond acceptors (Lipinski definition) is 4. The largest absolute Gasteiger partial charge is 0.455 e. The first kappa shape index (κ1) is 33.3. The Kier molecular flexibility index (Phi) is 7.80. The van der Waals surface area contributed by atoms with Crippen molar-refractivity contribution in [2.45, 2.75) is 0 Å². The highest BCUT2D eigenvalue weighted by molar-refractivity contribution is 6.25. The summed E-state index contributed by atoms with van der Waals surface area (Å²) in [5.74, 6) is 0.542. The van der Waals surface area contributed by atoms with Crippen LogP contribution in [-0.2, 0) is 0 Å². The van der Waals surface area contributed by atoms with Crippen molar-refractivity contribution < 1.29 is 4.42 Å². The highest BCUT2D eigenvalue weighted by Crippen LogP contribution is 2.44. The summed E-state index contributed by atoms with van der Waals surface area (Å²) in [6.07, 6.45) is 0. The maximum absolute atomic E-state index is 10.5. The zero-order valence-corrected chi connectivity index (χ0v) is 31.2. The van der Waals surface area contributed by atoms with Gasteiger partial charge in [0.1, 0.15) is 22.8 Å². The highest BCUT2D eigenvalue weighted by atomic mass is 16.3. The van der Waals surface area contributed by atoms with Crippen molar-refractivity contribution in [3.8, 4) is 67.9 Å². The summed E-state index contributed by atoms with van der Waals surface area (Å²) in [6.45, 7) is 0. The Hall–Kier alpha value is -8.07. The van der Waals surface area contributed by atoms with Crippen molar-refractivity contribution >= 4 is 43.7 Å². The van der Waals surface area contributed by atoms with Gasteiger partial charge in [0.2, 0.25) is 0 Å². The Morgan fingerprint density at radius 3 is 1.62 bits per heavy atom. The minimum atomic E-state index is 0.444. The number of benzene rings is 8. The molecule has 0 aliphatic carbocycles. The van der Waals surface area contributed by atoms with Gasteiger partial charge in [-0.2, -0.15) is 5.26 Å². The molecule has 0 spiro atoms. The second kappa shape index (κ2) is 13.6. The molecule has 5 heteroatoms. The highest BCUT2D eigenvalue weighted by Gasteiger charge is 2.23. The van der Waals surface area contributed by atoms with Crippen molar-refractivity contribution in [2.75, 3.05) is 0 Å². The maximum Gasteiger partial charge on any atom is 0.160 e. The molecule has 3 aromatic heterocycles. The number of fused-ring (bicyclic) bond motifs is 7. The average molecular weight is 741 g/mol. The van der Waals surface area contributed by atoms with Gasteiger partial charge < -0.3 is 8.98 Å². The SMILES string of the molecule is N#Cc1c(-c2ccccc2)nc(-c2ccc(-n3c4ccccc4c4c5oc6c(-c7ccccc7)cccc6c5ccc43)c(-c3ccccc3)c2)nc1-c1ccccc1. The van der Waals surface area contributed by atoms with E-state index in [0.29, 0.717) is 22.8 Å². The minimum absolute atomic E-state index is 0.444. The lowest BCUT2D eigenvalue weighted by Gasteiger charge is -2.17. The third-order valence-electron chi connectivity index (χ3n) is 11.1. The Bertz CT molecular complexity index is 3320. The fraction of sp³-hybridized carbons (Fsp3) is 0. The van der Waals surface area contributed by atoms with Crippen LogP contribution in [0, 0.1) is 11.3 Å². The van der Waals surface area contributed by atoms with Crippen LogP contribution in [0.25, 0.3) is 106 Å².